The van der Waals surface area contributed by atoms with Gasteiger partial charge in [-0.1, -0.05) is 18.2 Å². The van der Waals surface area contributed by atoms with Crippen molar-refractivity contribution in [3.63, 3.8) is 0 Å². The lowest BCUT2D eigenvalue weighted by molar-refractivity contribution is -0.136. The minimum absolute atomic E-state index is 0.301. The van der Waals surface area contributed by atoms with E-state index < -0.39 is 5.97 Å². The predicted octanol–water partition coefficient (Wildman–Crippen LogP) is 5.23. The fraction of sp³-hybridized carbons (Fsp3) is 0.650. The van der Waals surface area contributed by atoms with E-state index in [2.05, 4.69) is 0 Å². The summed E-state index contributed by atoms with van der Waals surface area (Å²) in [5.41, 5.74) is 0.486. The normalized spacial score (nSPS) is 36.1. The maximum absolute atomic E-state index is 11.7. The maximum atomic E-state index is 11.7. The average Bonchev–Trinajstić information content (AvgIpc) is 2.51. The van der Waals surface area contributed by atoms with Crippen LogP contribution in [0.4, 0.5) is 0 Å². The van der Waals surface area contributed by atoms with Crippen molar-refractivity contribution in [2.24, 2.45) is 23.2 Å². The standard InChI is InChI=1S/C20H26O2S/c21-19(22)18(23-17-4-2-1-3-5-17)6-7-20-11-14-8-15(12-20)10-16(9-14)13-20/h1-5,14-16,18H,6-13H2,(H,21,22). The lowest BCUT2D eigenvalue weighted by atomic mass is 9.48. The molecule has 4 aliphatic rings. The molecule has 0 saturated heterocycles. The molecular formula is C20H26O2S. The van der Waals surface area contributed by atoms with Crippen LogP contribution < -0.4 is 0 Å². The van der Waals surface area contributed by atoms with Crippen LogP contribution in [0.25, 0.3) is 0 Å². The van der Waals surface area contributed by atoms with E-state index in [1.54, 1.807) is 0 Å². The summed E-state index contributed by atoms with van der Waals surface area (Å²) in [6, 6.07) is 9.99. The summed E-state index contributed by atoms with van der Waals surface area (Å²) >= 11 is 1.53. The number of aliphatic carboxylic acids is 1. The number of hydrogen-bond donors (Lipinski definition) is 1. The van der Waals surface area contributed by atoms with Gasteiger partial charge in [-0.25, -0.2) is 0 Å². The third-order valence-electron chi connectivity index (χ3n) is 6.40. The Hall–Kier alpha value is -0.960. The van der Waals surface area contributed by atoms with Gasteiger partial charge in [0.05, 0.1) is 0 Å². The highest BCUT2D eigenvalue weighted by molar-refractivity contribution is 8.00. The van der Waals surface area contributed by atoms with E-state index >= 15 is 0 Å². The Balaban J connectivity index is 1.41. The zero-order valence-corrected chi connectivity index (χ0v) is 14.4. The van der Waals surface area contributed by atoms with Crippen molar-refractivity contribution in [1.82, 2.24) is 0 Å². The molecular weight excluding hydrogens is 304 g/mol. The number of carbonyl (C=O) groups is 1. The lowest BCUT2D eigenvalue weighted by Gasteiger charge is -2.57. The molecule has 1 atom stereocenters. The molecule has 4 saturated carbocycles. The lowest BCUT2D eigenvalue weighted by Crippen LogP contribution is -2.46. The minimum Gasteiger partial charge on any atom is -0.480 e. The summed E-state index contributed by atoms with van der Waals surface area (Å²) in [6.07, 6.45) is 10.4. The van der Waals surface area contributed by atoms with Crippen molar-refractivity contribution in [1.29, 1.82) is 0 Å². The van der Waals surface area contributed by atoms with Gasteiger partial charge in [0.2, 0.25) is 0 Å². The summed E-state index contributed by atoms with van der Waals surface area (Å²) in [7, 11) is 0. The molecule has 0 aliphatic heterocycles. The fourth-order valence-electron chi connectivity index (χ4n) is 5.93. The highest BCUT2D eigenvalue weighted by Crippen LogP contribution is 2.61. The van der Waals surface area contributed by atoms with E-state index in [1.165, 1.54) is 50.3 Å². The van der Waals surface area contributed by atoms with Gasteiger partial charge in [0, 0.05) is 4.90 Å². The zero-order chi connectivity index (χ0) is 15.9. The van der Waals surface area contributed by atoms with Gasteiger partial charge in [0.25, 0.3) is 0 Å². The van der Waals surface area contributed by atoms with Gasteiger partial charge >= 0.3 is 5.97 Å². The average molecular weight is 330 g/mol. The molecule has 0 spiro atoms. The van der Waals surface area contributed by atoms with Crippen molar-refractivity contribution in [2.45, 2.75) is 61.5 Å². The second kappa shape index (κ2) is 6.16. The quantitative estimate of drug-likeness (QED) is 0.726. The second-order valence-electron chi connectivity index (χ2n) is 8.21. The minimum atomic E-state index is -0.649. The van der Waals surface area contributed by atoms with Gasteiger partial charge < -0.3 is 5.11 Å². The van der Waals surface area contributed by atoms with Gasteiger partial charge in [-0.15, -0.1) is 11.8 Å². The molecule has 124 valence electrons. The van der Waals surface area contributed by atoms with Crippen LogP contribution in [-0.4, -0.2) is 16.3 Å². The van der Waals surface area contributed by atoms with E-state index in [0.29, 0.717) is 5.41 Å². The summed E-state index contributed by atoms with van der Waals surface area (Å²) in [5, 5.41) is 9.33. The Kier molecular flexibility index (Phi) is 4.17. The van der Waals surface area contributed by atoms with Crippen molar-refractivity contribution in [2.75, 3.05) is 0 Å². The molecule has 1 N–H and O–H groups in total. The summed E-state index contributed by atoms with van der Waals surface area (Å²) in [6.45, 7) is 0. The number of benzene rings is 1. The summed E-state index contributed by atoms with van der Waals surface area (Å²) in [4.78, 5) is 12.8. The molecule has 0 heterocycles. The van der Waals surface area contributed by atoms with Crippen LogP contribution in [0.1, 0.15) is 51.4 Å². The first-order chi connectivity index (χ1) is 11.1. The summed E-state index contributed by atoms with van der Waals surface area (Å²) < 4.78 is 0. The third kappa shape index (κ3) is 3.31. The highest BCUT2D eigenvalue weighted by Gasteiger charge is 2.50. The first-order valence-corrected chi connectivity index (χ1v) is 9.94. The first-order valence-electron chi connectivity index (χ1n) is 9.06. The van der Waals surface area contributed by atoms with E-state index in [-0.39, 0.29) is 5.25 Å². The Morgan fingerprint density at radius 2 is 1.65 bits per heavy atom. The van der Waals surface area contributed by atoms with Gasteiger partial charge in [-0.2, -0.15) is 0 Å². The van der Waals surface area contributed by atoms with Gasteiger partial charge in [0.1, 0.15) is 5.25 Å². The first kappa shape index (κ1) is 15.6. The van der Waals surface area contributed by atoms with E-state index in [1.807, 2.05) is 30.3 Å². The number of hydrogen-bond acceptors (Lipinski definition) is 2. The van der Waals surface area contributed by atoms with Crippen molar-refractivity contribution < 1.29 is 9.90 Å². The van der Waals surface area contributed by atoms with Gasteiger partial charge in [-0.05, 0) is 86.7 Å². The summed E-state index contributed by atoms with van der Waals surface area (Å²) in [5.74, 6) is 2.20. The maximum Gasteiger partial charge on any atom is 0.316 e. The Morgan fingerprint density at radius 3 is 2.17 bits per heavy atom. The zero-order valence-electron chi connectivity index (χ0n) is 13.6. The van der Waals surface area contributed by atoms with Crippen LogP contribution in [0.15, 0.2) is 35.2 Å². The van der Waals surface area contributed by atoms with E-state index in [9.17, 15) is 9.90 Å². The number of thioether (sulfide) groups is 1. The number of rotatable bonds is 6. The molecule has 3 heteroatoms. The SMILES string of the molecule is O=C(O)C(CCC12CC3CC(CC(C3)C1)C2)Sc1ccccc1. The molecule has 1 aromatic rings. The smallest absolute Gasteiger partial charge is 0.316 e. The molecule has 4 fully saturated rings. The van der Waals surface area contributed by atoms with Crippen molar-refractivity contribution in [3.8, 4) is 0 Å². The molecule has 0 radical (unpaired) electrons. The number of carboxylic acids is 1. The van der Waals surface area contributed by atoms with Crippen molar-refractivity contribution in [3.05, 3.63) is 30.3 Å². The number of carboxylic acid groups (broad SMARTS) is 1. The van der Waals surface area contributed by atoms with Crippen LogP contribution >= 0.6 is 11.8 Å². The third-order valence-corrected chi connectivity index (χ3v) is 7.67. The largest absolute Gasteiger partial charge is 0.480 e. The molecule has 5 rings (SSSR count). The van der Waals surface area contributed by atoms with E-state index in [0.717, 1.165) is 35.5 Å². The van der Waals surface area contributed by atoms with Gasteiger partial charge in [-0.3, -0.25) is 4.79 Å². The molecule has 1 aromatic carbocycles. The topological polar surface area (TPSA) is 37.3 Å². The molecule has 0 aromatic heterocycles. The van der Waals surface area contributed by atoms with Gasteiger partial charge in [0.15, 0.2) is 0 Å². The Morgan fingerprint density at radius 1 is 1.09 bits per heavy atom. The van der Waals surface area contributed by atoms with Crippen LogP contribution in [-0.2, 0) is 4.79 Å². The molecule has 1 unspecified atom stereocenters. The molecule has 23 heavy (non-hydrogen) atoms. The van der Waals surface area contributed by atoms with Crippen LogP contribution in [0.2, 0.25) is 0 Å². The van der Waals surface area contributed by atoms with Crippen LogP contribution in [0.3, 0.4) is 0 Å². The van der Waals surface area contributed by atoms with Crippen molar-refractivity contribution >= 4 is 17.7 Å². The second-order valence-corrected chi connectivity index (χ2v) is 9.49. The van der Waals surface area contributed by atoms with E-state index in [4.69, 9.17) is 0 Å². The molecule has 2 nitrogen and oxygen atoms in total. The highest BCUT2D eigenvalue weighted by atomic mass is 32.2. The van der Waals surface area contributed by atoms with Crippen LogP contribution in [0.5, 0.6) is 0 Å². The van der Waals surface area contributed by atoms with Crippen LogP contribution in [0, 0.1) is 23.2 Å². The fourth-order valence-corrected chi connectivity index (χ4v) is 6.91. The molecule has 4 bridgehead atoms. The molecule has 0 amide bonds. The monoisotopic (exact) mass is 330 g/mol. The Bertz CT molecular complexity index is 533. The Labute approximate surface area is 143 Å². The predicted molar refractivity (Wildman–Crippen MR) is 93.6 cm³/mol. The molecule has 4 aliphatic carbocycles.